The fourth-order valence-electron chi connectivity index (χ4n) is 1.82. The van der Waals surface area contributed by atoms with Gasteiger partial charge in [0.25, 0.3) is 0 Å². The van der Waals surface area contributed by atoms with Crippen LogP contribution in [0, 0.1) is 11.3 Å². The van der Waals surface area contributed by atoms with Crippen LogP contribution in [0.25, 0.3) is 11.0 Å². The van der Waals surface area contributed by atoms with E-state index < -0.39 is 9.84 Å². The van der Waals surface area contributed by atoms with Gasteiger partial charge in [-0.05, 0) is 31.5 Å². The molecule has 2 rings (SSSR count). The maximum absolute atomic E-state index is 11.9. The van der Waals surface area contributed by atoms with Crippen molar-refractivity contribution in [3.8, 4) is 6.07 Å². The average Bonchev–Trinajstić information content (AvgIpc) is 2.90. The lowest BCUT2D eigenvalue weighted by molar-refractivity contribution is 0.598. The van der Waals surface area contributed by atoms with Gasteiger partial charge in [0.05, 0.1) is 6.07 Å². The number of rotatable bonds is 4. The van der Waals surface area contributed by atoms with Crippen LogP contribution in [0.15, 0.2) is 28.4 Å². The van der Waals surface area contributed by atoms with E-state index >= 15 is 0 Å². The van der Waals surface area contributed by atoms with Crippen molar-refractivity contribution in [2.45, 2.75) is 18.9 Å². The molecule has 0 bridgehead atoms. The monoisotopic (exact) mass is 352 g/mol. The first kappa shape index (κ1) is 16.9. The van der Waals surface area contributed by atoms with Crippen LogP contribution in [-0.4, -0.2) is 34.8 Å². The number of nitriles is 1. The lowest BCUT2D eigenvalue weighted by atomic mass is 10.2. The Morgan fingerprint density at radius 1 is 1.43 bits per heavy atom. The zero-order valence-corrected chi connectivity index (χ0v) is 14.1. The minimum Gasteiger partial charge on any atom is -0.340 e. The highest BCUT2D eigenvalue weighted by molar-refractivity contribution is 7.90. The van der Waals surface area contributed by atoms with Crippen LogP contribution in [-0.2, 0) is 9.84 Å². The number of halogens is 1. The van der Waals surface area contributed by atoms with Crippen molar-refractivity contribution in [2.75, 3.05) is 11.6 Å². The normalized spacial score (nSPS) is 13.2. The highest BCUT2D eigenvalue weighted by Crippen LogP contribution is 2.28. The number of anilines is 1. The zero-order chi connectivity index (χ0) is 17.2. The summed E-state index contributed by atoms with van der Waals surface area (Å²) in [7, 11) is -3.56. The molecule has 0 saturated heterocycles. The van der Waals surface area contributed by atoms with E-state index in [9.17, 15) is 8.42 Å². The molecule has 8 nitrogen and oxygen atoms in total. The van der Waals surface area contributed by atoms with Gasteiger partial charge in [0.1, 0.15) is 11.2 Å². The highest BCUT2D eigenvalue weighted by Gasteiger charge is 2.21. The molecule has 0 amide bonds. The summed E-state index contributed by atoms with van der Waals surface area (Å²) in [6, 6.07) is 2.00. The molecule has 2 N–H and O–H groups in total. The standard InChI is InChI=1S/C13H13ClN6O2S/c1-4-8(5-7(2)6-15)16-10-9-11(18-13(14)17-10)19-20-12(9)23(3,21)22/h4-5H,1-3H3,(H2,16,17,18,19,20)/b7-5+,8-4+. The van der Waals surface area contributed by atoms with E-state index in [1.54, 1.807) is 26.0 Å². The summed E-state index contributed by atoms with van der Waals surface area (Å²) in [5.74, 6) is 0.185. The van der Waals surface area contributed by atoms with E-state index in [-0.39, 0.29) is 27.2 Å². The van der Waals surface area contributed by atoms with Gasteiger partial charge in [-0.25, -0.2) is 8.42 Å². The lowest BCUT2D eigenvalue weighted by Crippen LogP contribution is -2.04. The minimum absolute atomic E-state index is 0.0806. The predicted molar refractivity (Wildman–Crippen MR) is 86.6 cm³/mol. The number of H-pyrrole nitrogens is 1. The van der Waals surface area contributed by atoms with Gasteiger partial charge in [-0.15, -0.1) is 0 Å². The number of fused-ring (bicyclic) bond motifs is 1. The summed E-state index contributed by atoms with van der Waals surface area (Å²) in [6.07, 6.45) is 4.36. The maximum atomic E-state index is 11.9. The maximum Gasteiger partial charge on any atom is 0.226 e. The van der Waals surface area contributed by atoms with Crippen molar-refractivity contribution in [1.82, 2.24) is 20.2 Å². The fourth-order valence-corrected chi connectivity index (χ4v) is 2.76. The summed E-state index contributed by atoms with van der Waals surface area (Å²) in [5, 5.41) is 18.1. The van der Waals surface area contributed by atoms with Crippen LogP contribution >= 0.6 is 11.6 Å². The van der Waals surface area contributed by atoms with Gasteiger partial charge in [-0.2, -0.15) is 20.3 Å². The molecule has 0 spiro atoms. The second-order valence-corrected chi connectivity index (χ2v) is 6.96. The molecule has 2 aromatic rings. The third kappa shape index (κ3) is 3.67. The smallest absolute Gasteiger partial charge is 0.226 e. The predicted octanol–water partition coefficient (Wildman–Crippen LogP) is 2.20. The topological polar surface area (TPSA) is 124 Å². The highest BCUT2D eigenvalue weighted by atomic mass is 35.5. The van der Waals surface area contributed by atoms with Crippen LogP contribution in [0.1, 0.15) is 13.8 Å². The second kappa shape index (κ2) is 6.36. The van der Waals surface area contributed by atoms with Crippen LogP contribution in [0.3, 0.4) is 0 Å². The summed E-state index contributed by atoms with van der Waals surface area (Å²) in [6.45, 7) is 3.41. The van der Waals surface area contributed by atoms with Gasteiger partial charge in [0.15, 0.2) is 20.5 Å². The van der Waals surface area contributed by atoms with E-state index in [1.165, 1.54) is 0 Å². The Labute approximate surface area is 137 Å². The molecule has 0 aromatic carbocycles. The Balaban J connectivity index is 2.65. The van der Waals surface area contributed by atoms with Crippen LogP contribution in [0.2, 0.25) is 5.28 Å². The van der Waals surface area contributed by atoms with Crippen molar-refractivity contribution in [1.29, 1.82) is 5.26 Å². The molecule has 0 atom stereocenters. The molecule has 0 radical (unpaired) electrons. The molecule has 2 aromatic heterocycles. The number of allylic oxidation sites excluding steroid dienone is 3. The third-order valence-electron chi connectivity index (χ3n) is 2.85. The molecule has 0 saturated carbocycles. The largest absolute Gasteiger partial charge is 0.340 e. The molecule has 10 heteroatoms. The summed E-state index contributed by atoms with van der Waals surface area (Å²) < 4.78 is 23.7. The zero-order valence-electron chi connectivity index (χ0n) is 12.5. The van der Waals surface area contributed by atoms with Gasteiger partial charge in [0.2, 0.25) is 5.28 Å². The molecular weight excluding hydrogens is 340 g/mol. The number of aromatic amines is 1. The summed E-state index contributed by atoms with van der Waals surface area (Å²) in [4.78, 5) is 7.94. The van der Waals surface area contributed by atoms with Crippen LogP contribution in [0.5, 0.6) is 0 Å². The second-order valence-electron chi connectivity index (χ2n) is 4.67. The number of nitrogens with zero attached hydrogens (tertiary/aromatic N) is 4. The molecule has 2 heterocycles. The quantitative estimate of drug-likeness (QED) is 0.491. The molecule has 0 aliphatic carbocycles. The van der Waals surface area contributed by atoms with Gasteiger partial charge < -0.3 is 5.32 Å². The van der Waals surface area contributed by atoms with E-state index in [2.05, 4.69) is 25.5 Å². The molecular formula is C13H13ClN6O2S. The summed E-state index contributed by atoms with van der Waals surface area (Å²) in [5.41, 5.74) is 1.16. The SMILES string of the molecule is C/C=C(\C=C(/C)C#N)Nc1nc(Cl)nc2n[nH]c(S(C)(=O)=O)c12. The van der Waals surface area contributed by atoms with E-state index in [1.807, 2.05) is 6.07 Å². The molecule has 0 fully saturated rings. The van der Waals surface area contributed by atoms with E-state index in [0.29, 0.717) is 11.3 Å². The Morgan fingerprint density at radius 3 is 2.70 bits per heavy atom. The summed E-state index contributed by atoms with van der Waals surface area (Å²) >= 11 is 5.85. The first-order valence-corrected chi connectivity index (χ1v) is 8.66. The number of nitrogens with one attached hydrogen (secondary N) is 2. The third-order valence-corrected chi connectivity index (χ3v) is 4.05. The van der Waals surface area contributed by atoms with Crippen molar-refractivity contribution >= 4 is 38.3 Å². The van der Waals surface area contributed by atoms with Gasteiger partial charge in [0, 0.05) is 17.5 Å². The number of aromatic nitrogens is 4. The molecule has 0 unspecified atom stereocenters. The Kier molecular flexibility index (Phi) is 4.68. The van der Waals surface area contributed by atoms with Gasteiger partial charge >= 0.3 is 0 Å². The first-order chi connectivity index (χ1) is 10.8. The van der Waals surface area contributed by atoms with Gasteiger partial charge in [-0.1, -0.05) is 6.08 Å². The number of hydrogen-bond acceptors (Lipinski definition) is 7. The Morgan fingerprint density at radius 2 is 2.13 bits per heavy atom. The lowest BCUT2D eigenvalue weighted by Gasteiger charge is -2.08. The number of sulfone groups is 1. The van der Waals surface area contributed by atoms with Crippen molar-refractivity contribution in [3.63, 3.8) is 0 Å². The van der Waals surface area contributed by atoms with E-state index in [0.717, 1.165) is 6.26 Å². The number of hydrogen-bond donors (Lipinski definition) is 2. The molecule has 120 valence electrons. The van der Waals surface area contributed by atoms with E-state index in [4.69, 9.17) is 16.9 Å². The Hall–Kier alpha value is -2.44. The van der Waals surface area contributed by atoms with Crippen molar-refractivity contribution < 1.29 is 8.42 Å². The van der Waals surface area contributed by atoms with Crippen LogP contribution in [0.4, 0.5) is 5.82 Å². The van der Waals surface area contributed by atoms with Gasteiger partial charge in [-0.3, -0.25) is 5.10 Å². The fraction of sp³-hybridized carbons (Fsp3) is 0.231. The Bertz CT molecular complexity index is 968. The van der Waals surface area contributed by atoms with Crippen LogP contribution < -0.4 is 5.32 Å². The van der Waals surface area contributed by atoms with Crippen molar-refractivity contribution in [3.05, 3.63) is 28.7 Å². The van der Waals surface area contributed by atoms with Crippen molar-refractivity contribution in [2.24, 2.45) is 0 Å². The molecule has 0 aliphatic heterocycles. The molecule has 23 heavy (non-hydrogen) atoms. The average molecular weight is 353 g/mol. The molecule has 0 aliphatic rings. The first-order valence-electron chi connectivity index (χ1n) is 6.39. The minimum atomic E-state index is -3.56.